The van der Waals surface area contributed by atoms with E-state index >= 15 is 0 Å². The largest absolute Gasteiger partial charge is 0.490 e. The van der Waals surface area contributed by atoms with Crippen LogP contribution in [0.4, 0.5) is 0 Å². The fourth-order valence-electron chi connectivity index (χ4n) is 0.981. The normalized spacial score (nSPS) is 8.73. The number of benzene rings is 1. The Morgan fingerprint density at radius 2 is 2.20 bits per heavy atom. The predicted octanol–water partition coefficient (Wildman–Crippen LogP) is 1.46. The second-order valence-corrected chi connectivity index (χ2v) is 2.69. The van der Waals surface area contributed by atoms with Crippen molar-refractivity contribution >= 4 is 5.91 Å². The Kier molecular flexibility index (Phi) is 3.92. The first kappa shape index (κ1) is 10.8. The van der Waals surface area contributed by atoms with Crippen LogP contribution in [-0.4, -0.2) is 12.5 Å². The monoisotopic (exact) mass is 202 g/mol. The van der Waals surface area contributed by atoms with Gasteiger partial charge >= 0.3 is 0 Å². The average Bonchev–Trinajstić information content (AvgIpc) is 2.27. The van der Waals surface area contributed by atoms with E-state index in [-0.39, 0.29) is 0 Å². The van der Waals surface area contributed by atoms with E-state index in [0.717, 1.165) is 0 Å². The summed E-state index contributed by atoms with van der Waals surface area (Å²) in [6, 6.07) is 6.50. The molecule has 0 saturated heterocycles. The summed E-state index contributed by atoms with van der Waals surface area (Å²) in [7, 11) is 0. The number of hydrogen-bond donors (Lipinski definition) is 1. The molecule has 76 valence electrons. The van der Waals surface area contributed by atoms with Crippen molar-refractivity contribution in [2.75, 3.05) is 6.61 Å². The molecule has 0 aliphatic heterocycles. The molecule has 4 nitrogen and oxygen atoms in total. The topological polar surface area (TPSA) is 62.1 Å². The fourth-order valence-corrected chi connectivity index (χ4v) is 0.981. The maximum Gasteiger partial charge on any atom is 0.264 e. The first-order chi connectivity index (χ1) is 7.27. The maximum absolute atomic E-state index is 11.2. The third-order valence-electron chi connectivity index (χ3n) is 1.65. The van der Waals surface area contributed by atoms with E-state index < -0.39 is 5.91 Å². The van der Waals surface area contributed by atoms with Crippen LogP contribution < -0.4 is 10.1 Å². The molecule has 1 N–H and O–H groups in total. The molecular formula is C11H10N2O2. The van der Waals surface area contributed by atoms with Gasteiger partial charge in [0.1, 0.15) is 12.4 Å². The summed E-state index contributed by atoms with van der Waals surface area (Å²) >= 11 is 0. The molecular weight excluding hydrogens is 192 g/mol. The predicted molar refractivity (Wildman–Crippen MR) is 55.2 cm³/mol. The number of nitrogens with one attached hydrogen (secondary N) is 1. The number of hydrogen-bond acceptors (Lipinski definition) is 3. The second kappa shape index (κ2) is 5.45. The molecule has 4 heteroatoms. The van der Waals surface area contributed by atoms with Crippen LogP contribution in [0.15, 0.2) is 36.9 Å². The van der Waals surface area contributed by atoms with Gasteiger partial charge in [-0.25, -0.2) is 0 Å². The van der Waals surface area contributed by atoms with Crippen LogP contribution >= 0.6 is 0 Å². The number of rotatable bonds is 4. The van der Waals surface area contributed by atoms with Crippen molar-refractivity contribution in [3.8, 4) is 11.9 Å². The number of nitrogens with zero attached hydrogens (tertiary/aromatic N) is 1. The SMILES string of the molecule is C=CCOc1ccc(C(=O)NC#N)cc1. The van der Waals surface area contributed by atoms with Gasteiger partial charge in [0, 0.05) is 5.56 Å². The second-order valence-electron chi connectivity index (χ2n) is 2.69. The number of carbonyl (C=O) groups is 1. The summed E-state index contributed by atoms with van der Waals surface area (Å²) in [5.41, 5.74) is 0.419. The molecule has 1 amide bonds. The highest BCUT2D eigenvalue weighted by Gasteiger charge is 2.03. The Balaban J connectivity index is 2.68. The molecule has 0 fully saturated rings. The zero-order valence-corrected chi connectivity index (χ0v) is 8.06. The van der Waals surface area contributed by atoms with Gasteiger partial charge < -0.3 is 4.74 Å². The number of nitriles is 1. The zero-order chi connectivity index (χ0) is 11.1. The summed E-state index contributed by atoms with van der Waals surface area (Å²) in [6.07, 6.45) is 3.21. The van der Waals surface area contributed by atoms with Gasteiger partial charge in [0.15, 0.2) is 6.19 Å². The molecule has 15 heavy (non-hydrogen) atoms. The first-order valence-corrected chi connectivity index (χ1v) is 4.31. The minimum Gasteiger partial charge on any atom is -0.490 e. The molecule has 0 heterocycles. The fraction of sp³-hybridized carbons (Fsp3) is 0.0909. The lowest BCUT2D eigenvalue weighted by molar-refractivity contribution is 0.0973. The van der Waals surface area contributed by atoms with Crippen molar-refractivity contribution < 1.29 is 9.53 Å². The summed E-state index contributed by atoms with van der Waals surface area (Å²) in [4.78, 5) is 11.2. The lowest BCUT2D eigenvalue weighted by Crippen LogP contribution is -2.16. The quantitative estimate of drug-likeness (QED) is 0.456. The summed E-state index contributed by atoms with van der Waals surface area (Å²) in [5.74, 6) is 0.233. The van der Waals surface area contributed by atoms with Crippen LogP contribution in [0.2, 0.25) is 0 Å². The highest BCUT2D eigenvalue weighted by Crippen LogP contribution is 2.11. The van der Waals surface area contributed by atoms with Crippen molar-refractivity contribution in [3.63, 3.8) is 0 Å². The minimum absolute atomic E-state index is 0.419. The van der Waals surface area contributed by atoms with Crippen molar-refractivity contribution in [2.24, 2.45) is 0 Å². The summed E-state index contributed by atoms with van der Waals surface area (Å²) in [5, 5.41) is 10.3. The van der Waals surface area contributed by atoms with E-state index in [1.54, 1.807) is 36.5 Å². The Morgan fingerprint density at radius 1 is 1.53 bits per heavy atom. The summed E-state index contributed by atoms with van der Waals surface area (Å²) in [6.45, 7) is 3.94. The Morgan fingerprint density at radius 3 is 2.73 bits per heavy atom. The van der Waals surface area contributed by atoms with Gasteiger partial charge in [0.25, 0.3) is 5.91 Å². The molecule has 0 saturated carbocycles. The van der Waals surface area contributed by atoms with Crippen molar-refractivity contribution in [3.05, 3.63) is 42.5 Å². The average molecular weight is 202 g/mol. The number of amides is 1. The molecule has 0 radical (unpaired) electrons. The molecule has 0 unspecified atom stereocenters. The van der Waals surface area contributed by atoms with E-state index in [4.69, 9.17) is 10.00 Å². The van der Waals surface area contributed by atoms with Crippen LogP contribution in [0, 0.1) is 11.5 Å². The van der Waals surface area contributed by atoms with Crippen LogP contribution in [0.3, 0.4) is 0 Å². The highest BCUT2D eigenvalue weighted by atomic mass is 16.5. The molecule has 0 aliphatic rings. The molecule has 1 aromatic carbocycles. The third kappa shape index (κ3) is 3.16. The minimum atomic E-state index is -0.423. The molecule has 0 spiro atoms. The van der Waals surface area contributed by atoms with E-state index in [0.29, 0.717) is 17.9 Å². The molecule has 1 rings (SSSR count). The van der Waals surface area contributed by atoms with E-state index in [9.17, 15) is 4.79 Å². The molecule has 1 aromatic rings. The summed E-state index contributed by atoms with van der Waals surface area (Å²) < 4.78 is 5.24. The van der Waals surface area contributed by atoms with Crippen LogP contribution in [0.5, 0.6) is 5.75 Å². The van der Waals surface area contributed by atoms with Gasteiger partial charge in [0.2, 0.25) is 0 Å². The van der Waals surface area contributed by atoms with E-state index in [1.165, 1.54) is 0 Å². The molecule has 0 atom stereocenters. The Hall–Kier alpha value is -2.28. The number of ether oxygens (including phenoxy) is 1. The number of carbonyl (C=O) groups excluding carboxylic acids is 1. The highest BCUT2D eigenvalue weighted by molar-refractivity contribution is 5.95. The van der Waals surface area contributed by atoms with Gasteiger partial charge in [-0.1, -0.05) is 12.7 Å². The lowest BCUT2D eigenvalue weighted by Gasteiger charge is -2.03. The smallest absolute Gasteiger partial charge is 0.264 e. The Bertz CT molecular complexity index is 390. The molecule has 0 bridgehead atoms. The van der Waals surface area contributed by atoms with E-state index in [1.807, 2.05) is 5.32 Å². The van der Waals surface area contributed by atoms with Crippen LogP contribution in [-0.2, 0) is 0 Å². The van der Waals surface area contributed by atoms with Gasteiger partial charge in [-0.3, -0.25) is 10.1 Å². The van der Waals surface area contributed by atoms with Crippen molar-refractivity contribution in [1.29, 1.82) is 5.26 Å². The molecule has 0 aliphatic carbocycles. The van der Waals surface area contributed by atoms with Crippen LogP contribution in [0.1, 0.15) is 10.4 Å². The lowest BCUT2D eigenvalue weighted by atomic mass is 10.2. The van der Waals surface area contributed by atoms with Gasteiger partial charge in [-0.15, -0.1) is 0 Å². The van der Waals surface area contributed by atoms with Gasteiger partial charge in [-0.05, 0) is 24.3 Å². The van der Waals surface area contributed by atoms with Gasteiger partial charge in [0.05, 0.1) is 0 Å². The Labute approximate surface area is 87.8 Å². The van der Waals surface area contributed by atoms with E-state index in [2.05, 4.69) is 6.58 Å². The maximum atomic E-state index is 11.2. The molecule has 0 aromatic heterocycles. The van der Waals surface area contributed by atoms with Crippen molar-refractivity contribution in [2.45, 2.75) is 0 Å². The standard InChI is InChI=1S/C11H10N2O2/c1-2-7-15-10-5-3-9(4-6-10)11(14)13-8-12/h2-6H,1,7H2,(H,13,14). The van der Waals surface area contributed by atoms with Gasteiger partial charge in [-0.2, -0.15) is 5.26 Å². The van der Waals surface area contributed by atoms with Crippen molar-refractivity contribution in [1.82, 2.24) is 5.32 Å². The van der Waals surface area contributed by atoms with Crippen LogP contribution in [0.25, 0.3) is 0 Å². The third-order valence-corrected chi connectivity index (χ3v) is 1.65. The zero-order valence-electron chi connectivity index (χ0n) is 8.06. The first-order valence-electron chi connectivity index (χ1n) is 4.31.